The van der Waals surface area contributed by atoms with Crippen molar-refractivity contribution in [2.24, 2.45) is 0 Å². The summed E-state index contributed by atoms with van der Waals surface area (Å²) in [6, 6.07) is 19.9. The van der Waals surface area contributed by atoms with E-state index in [-0.39, 0.29) is 23.4 Å². The van der Waals surface area contributed by atoms with Gasteiger partial charge in [0.05, 0.1) is 10.6 Å². The van der Waals surface area contributed by atoms with Gasteiger partial charge in [-0.05, 0) is 80.1 Å². The van der Waals surface area contributed by atoms with Crippen LogP contribution in [-0.2, 0) is 26.2 Å². The molecule has 1 unspecified atom stereocenters. The molecule has 224 valence electrons. The predicted octanol–water partition coefficient (Wildman–Crippen LogP) is 6.41. The molecule has 3 aromatic rings. The number of amides is 2. The van der Waals surface area contributed by atoms with Crippen LogP contribution in [0.2, 0.25) is 5.02 Å². The fourth-order valence-corrected chi connectivity index (χ4v) is 7.11. The Morgan fingerprint density at radius 2 is 1.60 bits per heavy atom. The van der Waals surface area contributed by atoms with Crippen LogP contribution in [0, 0.1) is 13.8 Å². The Balaban J connectivity index is 1.72. The van der Waals surface area contributed by atoms with Gasteiger partial charge in [-0.15, -0.1) is 0 Å². The van der Waals surface area contributed by atoms with Gasteiger partial charge < -0.3 is 10.2 Å². The van der Waals surface area contributed by atoms with Gasteiger partial charge in [-0.25, -0.2) is 8.42 Å². The van der Waals surface area contributed by atoms with Gasteiger partial charge in [0, 0.05) is 17.6 Å². The first-order valence-corrected chi connectivity index (χ1v) is 16.4. The van der Waals surface area contributed by atoms with E-state index < -0.39 is 28.5 Å². The molecule has 0 aromatic heterocycles. The number of aryl methyl sites for hydroxylation is 1. The highest BCUT2D eigenvalue weighted by molar-refractivity contribution is 7.92. The zero-order chi connectivity index (χ0) is 30.3. The topological polar surface area (TPSA) is 86.8 Å². The second-order valence-electron chi connectivity index (χ2n) is 11.0. The summed E-state index contributed by atoms with van der Waals surface area (Å²) < 4.78 is 29.3. The van der Waals surface area contributed by atoms with E-state index in [2.05, 4.69) is 5.32 Å². The number of halogens is 1. The molecular formula is C33H40ClN3O4S. The first kappa shape index (κ1) is 31.6. The Bertz CT molecular complexity index is 1470. The Hall–Kier alpha value is -3.36. The van der Waals surface area contributed by atoms with Crippen LogP contribution >= 0.6 is 11.6 Å². The lowest BCUT2D eigenvalue weighted by Gasteiger charge is -2.35. The molecule has 0 aliphatic heterocycles. The minimum absolute atomic E-state index is 0.0812. The average molecular weight is 610 g/mol. The maximum absolute atomic E-state index is 14.3. The van der Waals surface area contributed by atoms with Gasteiger partial charge in [-0.1, -0.05) is 80.3 Å². The molecule has 3 aromatic carbocycles. The molecule has 1 aliphatic rings. The predicted molar refractivity (Wildman–Crippen MR) is 168 cm³/mol. The summed E-state index contributed by atoms with van der Waals surface area (Å²) in [6.07, 6.45) is 5.52. The summed E-state index contributed by atoms with van der Waals surface area (Å²) in [7, 11) is -4.11. The van der Waals surface area contributed by atoms with Crippen molar-refractivity contribution >= 4 is 39.1 Å². The molecule has 0 radical (unpaired) electrons. The van der Waals surface area contributed by atoms with E-state index in [0.717, 1.165) is 48.8 Å². The van der Waals surface area contributed by atoms with Gasteiger partial charge in [0.25, 0.3) is 10.0 Å². The smallest absolute Gasteiger partial charge is 0.264 e. The van der Waals surface area contributed by atoms with Crippen LogP contribution in [0.25, 0.3) is 0 Å². The highest BCUT2D eigenvalue weighted by atomic mass is 35.5. The number of carbonyl (C=O) groups excluding carboxylic acids is 2. The number of hydrogen-bond acceptors (Lipinski definition) is 4. The molecule has 9 heteroatoms. The van der Waals surface area contributed by atoms with E-state index in [4.69, 9.17) is 11.6 Å². The number of nitrogens with zero attached hydrogens (tertiary/aromatic N) is 2. The highest BCUT2D eigenvalue weighted by Crippen LogP contribution is 2.29. The normalized spacial score (nSPS) is 14.7. The minimum atomic E-state index is -4.11. The number of carbonyl (C=O) groups is 2. The number of benzene rings is 3. The maximum Gasteiger partial charge on any atom is 0.264 e. The molecular weight excluding hydrogens is 570 g/mol. The highest BCUT2D eigenvalue weighted by Gasteiger charge is 2.35. The molecule has 1 atom stereocenters. The van der Waals surface area contributed by atoms with Crippen molar-refractivity contribution in [1.29, 1.82) is 0 Å². The van der Waals surface area contributed by atoms with Gasteiger partial charge in [0.15, 0.2) is 0 Å². The van der Waals surface area contributed by atoms with Crippen molar-refractivity contribution in [3.8, 4) is 0 Å². The number of sulfonamides is 1. The summed E-state index contributed by atoms with van der Waals surface area (Å²) in [6.45, 7) is 5.31. The van der Waals surface area contributed by atoms with Gasteiger partial charge in [0.1, 0.15) is 12.6 Å². The number of anilines is 1. The van der Waals surface area contributed by atoms with Crippen LogP contribution in [0.1, 0.15) is 62.1 Å². The van der Waals surface area contributed by atoms with E-state index in [0.29, 0.717) is 17.1 Å². The third kappa shape index (κ3) is 7.53. The number of rotatable bonds is 11. The zero-order valence-corrected chi connectivity index (χ0v) is 26.1. The van der Waals surface area contributed by atoms with Crippen LogP contribution in [0.5, 0.6) is 0 Å². The number of nitrogens with one attached hydrogen (secondary N) is 1. The Kier molecular flexibility index (Phi) is 10.7. The molecule has 0 spiro atoms. The second kappa shape index (κ2) is 14.2. The van der Waals surface area contributed by atoms with Crippen LogP contribution in [0.3, 0.4) is 0 Å². The van der Waals surface area contributed by atoms with Gasteiger partial charge >= 0.3 is 0 Å². The Labute approximate surface area is 254 Å². The van der Waals surface area contributed by atoms with Crippen LogP contribution in [0.15, 0.2) is 77.7 Å². The lowest BCUT2D eigenvalue weighted by atomic mass is 9.95. The van der Waals surface area contributed by atoms with Crippen molar-refractivity contribution in [2.45, 2.75) is 82.8 Å². The molecule has 0 bridgehead atoms. The quantitative estimate of drug-likeness (QED) is 0.272. The second-order valence-corrected chi connectivity index (χ2v) is 13.3. The van der Waals surface area contributed by atoms with Gasteiger partial charge in [0.2, 0.25) is 11.8 Å². The first-order chi connectivity index (χ1) is 20.1. The molecule has 1 fully saturated rings. The van der Waals surface area contributed by atoms with Crippen LogP contribution in [-0.4, -0.2) is 43.8 Å². The van der Waals surface area contributed by atoms with Crippen molar-refractivity contribution in [2.75, 3.05) is 10.8 Å². The summed E-state index contributed by atoms with van der Waals surface area (Å²) in [5.74, 6) is -0.674. The van der Waals surface area contributed by atoms with Crippen molar-refractivity contribution < 1.29 is 18.0 Å². The SMILES string of the molecule is CCC(C(=O)NC1CCCCC1)N(Cc1ccc(Cl)cc1)C(=O)CN(c1cccc(C)c1C)S(=O)(=O)c1ccccc1. The summed E-state index contributed by atoms with van der Waals surface area (Å²) >= 11 is 6.11. The molecule has 4 rings (SSSR count). The molecule has 1 N–H and O–H groups in total. The molecule has 7 nitrogen and oxygen atoms in total. The van der Waals surface area contributed by atoms with E-state index in [1.807, 2.05) is 39.0 Å². The fraction of sp³-hybridized carbons (Fsp3) is 0.394. The zero-order valence-electron chi connectivity index (χ0n) is 24.6. The summed E-state index contributed by atoms with van der Waals surface area (Å²) in [4.78, 5) is 29.5. The lowest BCUT2D eigenvalue weighted by Crippen LogP contribution is -2.54. The van der Waals surface area contributed by atoms with Crippen LogP contribution < -0.4 is 9.62 Å². The van der Waals surface area contributed by atoms with Crippen molar-refractivity contribution in [3.05, 3.63) is 94.5 Å². The third-order valence-electron chi connectivity index (χ3n) is 8.06. The first-order valence-electron chi connectivity index (χ1n) is 14.6. The average Bonchev–Trinajstić information content (AvgIpc) is 2.99. The minimum Gasteiger partial charge on any atom is -0.352 e. The van der Waals surface area contributed by atoms with E-state index in [9.17, 15) is 18.0 Å². The molecule has 42 heavy (non-hydrogen) atoms. The van der Waals surface area contributed by atoms with E-state index in [1.165, 1.54) is 21.3 Å². The standard InChI is InChI=1S/C33H40ClN3O4S/c1-4-30(33(39)35-28-13-7-5-8-14-28)36(22-26-18-20-27(34)21-19-26)32(38)23-37(31-17-11-12-24(2)25(31)3)42(40,41)29-15-9-6-10-16-29/h6,9-12,15-21,28,30H,4-5,7-8,13-14,22-23H2,1-3H3,(H,35,39). The van der Waals surface area contributed by atoms with Crippen LogP contribution in [0.4, 0.5) is 5.69 Å². The van der Waals surface area contributed by atoms with E-state index >= 15 is 0 Å². The molecule has 1 aliphatic carbocycles. The monoisotopic (exact) mass is 609 g/mol. The van der Waals surface area contributed by atoms with Gasteiger partial charge in [-0.3, -0.25) is 13.9 Å². The largest absolute Gasteiger partial charge is 0.352 e. The molecule has 0 heterocycles. The summed E-state index contributed by atoms with van der Waals surface area (Å²) in [5, 5.41) is 3.74. The molecule has 1 saturated carbocycles. The van der Waals surface area contributed by atoms with Crippen molar-refractivity contribution in [1.82, 2.24) is 10.2 Å². The Morgan fingerprint density at radius 1 is 0.929 bits per heavy atom. The summed E-state index contributed by atoms with van der Waals surface area (Å²) in [5.41, 5.74) is 2.89. The third-order valence-corrected chi connectivity index (χ3v) is 10.1. The molecule has 2 amide bonds. The van der Waals surface area contributed by atoms with Gasteiger partial charge in [-0.2, -0.15) is 0 Å². The Morgan fingerprint density at radius 3 is 2.24 bits per heavy atom. The molecule has 0 saturated heterocycles. The lowest BCUT2D eigenvalue weighted by molar-refractivity contribution is -0.140. The van der Waals surface area contributed by atoms with Crippen molar-refractivity contribution in [3.63, 3.8) is 0 Å². The fourth-order valence-electron chi connectivity index (χ4n) is 5.49. The van der Waals surface area contributed by atoms with E-state index in [1.54, 1.807) is 42.5 Å². The maximum atomic E-state index is 14.3. The number of hydrogen-bond donors (Lipinski definition) is 1.